The zero-order chi connectivity index (χ0) is 13.6. The van der Waals surface area contributed by atoms with Crippen LogP contribution in [0.15, 0.2) is 0 Å². The minimum Gasteiger partial charge on any atom is -0.481 e. The van der Waals surface area contributed by atoms with Crippen molar-refractivity contribution < 1.29 is 19.8 Å². The maximum absolute atomic E-state index is 11.6. The first-order valence-corrected chi connectivity index (χ1v) is 5.57. The van der Waals surface area contributed by atoms with Gasteiger partial charge in [-0.25, -0.2) is 4.79 Å². The number of carbonyl (C=O) groups excluding carboxylic acids is 1. The lowest BCUT2D eigenvalue weighted by molar-refractivity contribution is -0.137. The molecule has 1 atom stereocenters. The summed E-state index contributed by atoms with van der Waals surface area (Å²) in [6.45, 7) is 5.19. The zero-order valence-electron chi connectivity index (χ0n) is 10.9. The van der Waals surface area contributed by atoms with Crippen LogP contribution in [0.2, 0.25) is 0 Å². The second-order valence-electron chi connectivity index (χ2n) is 4.95. The SMILES string of the molecule is CC(CCC(=O)O)NC(=O)N(C)CC(C)(C)O. The molecule has 100 valence electrons. The molecular weight excluding hydrogens is 224 g/mol. The highest BCUT2D eigenvalue weighted by Crippen LogP contribution is 2.04. The number of carboxylic acid groups (broad SMARTS) is 1. The lowest BCUT2D eigenvalue weighted by Gasteiger charge is -2.27. The first-order valence-electron chi connectivity index (χ1n) is 5.57. The van der Waals surface area contributed by atoms with Gasteiger partial charge in [0.2, 0.25) is 0 Å². The highest BCUT2D eigenvalue weighted by Gasteiger charge is 2.20. The Balaban J connectivity index is 4.03. The Labute approximate surface area is 102 Å². The molecule has 0 fully saturated rings. The van der Waals surface area contributed by atoms with Gasteiger partial charge in [-0.05, 0) is 27.2 Å². The summed E-state index contributed by atoms with van der Waals surface area (Å²) in [6.07, 6.45) is 0.411. The summed E-state index contributed by atoms with van der Waals surface area (Å²) in [5, 5.41) is 20.7. The van der Waals surface area contributed by atoms with E-state index in [1.54, 1.807) is 27.8 Å². The molecule has 0 spiro atoms. The highest BCUT2D eigenvalue weighted by molar-refractivity contribution is 5.74. The van der Waals surface area contributed by atoms with Crippen LogP contribution in [-0.4, -0.2) is 52.3 Å². The van der Waals surface area contributed by atoms with E-state index in [4.69, 9.17) is 5.11 Å². The van der Waals surface area contributed by atoms with Crippen molar-refractivity contribution in [1.29, 1.82) is 0 Å². The van der Waals surface area contributed by atoms with Gasteiger partial charge in [-0.3, -0.25) is 4.79 Å². The number of nitrogens with one attached hydrogen (secondary N) is 1. The smallest absolute Gasteiger partial charge is 0.317 e. The largest absolute Gasteiger partial charge is 0.481 e. The van der Waals surface area contributed by atoms with E-state index in [0.717, 1.165) is 0 Å². The number of aliphatic carboxylic acids is 1. The molecular formula is C11H22N2O4. The third kappa shape index (κ3) is 8.50. The zero-order valence-corrected chi connectivity index (χ0v) is 10.9. The molecule has 0 bridgehead atoms. The summed E-state index contributed by atoms with van der Waals surface area (Å²) < 4.78 is 0. The van der Waals surface area contributed by atoms with Crippen LogP contribution in [0.3, 0.4) is 0 Å². The lowest BCUT2D eigenvalue weighted by atomic mass is 10.1. The van der Waals surface area contributed by atoms with Crippen molar-refractivity contribution in [2.75, 3.05) is 13.6 Å². The van der Waals surface area contributed by atoms with Crippen molar-refractivity contribution in [1.82, 2.24) is 10.2 Å². The van der Waals surface area contributed by atoms with Crippen molar-refractivity contribution in [3.05, 3.63) is 0 Å². The third-order valence-corrected chi connectivity index (χ3v) is 2.13. The Morgan fingerprint density at radius 1 is 1.41 bits per heavy atom. The monoisotopic (exact) mass is 246 g/mol. The van der Waals surface area contributed by atoms with Gasteiger partial charge in [-0.15, -0.1) is 0 Å². The second kappa shape index (κ2) is 6.44. The average Bonchev–Trinajstić information content (AvgIpc) is 2.11. The molecule has 0 aromatic carbocycles. The van der Waals surface area contributed by atoms with Crippen LogP contribution in [0, 0.1) is 0 Å². The predicted octanol–water partition coefficient (Wildman–Crippen LogP) is 0.652. The standard InChI is InChI=1S/C11H22N2O4/c1-8(5-6-9(14)15)12-10(16)13(4)7-11(2,3)17/h8,17H,5-7H2,1-4H3,(H,12,16)(H,14,15). The van der Waals surface area contributed by atoms with Gasteiger partial charge in [0.15, 0.2) is 0 Å². The molecule has 0 aromatic rings. The summed E-state index contributed by atoms with van der Waals surface area (Å²) >= 11 is 0. The van der Waals surface area contributed by atoms with Crippen LogP contribution in [0.1, 0.15) is 33.6 Å². The minimum atomic E-state index is -0.948. The molecule has 6 nitrogen and oxygen atoms in total. The van der Waals surface area contributed by atoms with Crippen LogP contribution in [0.25, 0.3) is 0 Å². The number of aliphatic hydroxyl groups is 1. The Hall–Kier alpha value is -1.30. The molecule has 1 unspecified atom stereocenters. The van der Waals surface area contributed by atoms with E-state index in [1.807, 2.05) is 0 Å². The summed E-state index contributed by atoms with van der Waals surface area (Å²) in [4.78, 5) is 23.4. The predicted molar refractivity (Wildman–Crippen MR) is 63.8 cm³/mol. The molecule has 0 radical (unpaired) electrons. The minimum absolute atomic E-state index is 0.0245. The van der Waals surface area contributed by atoms with Gasteiger partial charge >= 0.3 is 12.0 Å². The number of carbonyl (C=O) groups is 2. The van der Waals surface area contributed by atoms with Crippen molar-refractivity contribution >= 4 is 12.0 Å². The topological polar surface area (TPSA) is 89.9 Å². The molecule has 0 saturated carbocycles. The van der Waals surface area contributed by atoms with Crippen LogP contribution in [-0.2, 0) is 4.79 Å². The quantitative estimate of drug-likeness (QED) is 0.642. The summed E-state index contributed by atoms with van der Waals surface area (Å²) in [5.74, 6) is -0.879. The van der Waals surface area contributed by atoms with E-state index in [0.29, 0.717) is 6.42 Å². The summed E-state index contributed by atoms with van der Waals surface area (Å²) in [5.41, 5.74) is -0.948. The fraction of sp³-hybridized carbons (Fsp3) is 0.818. The summed E-state index contributed by atoms with van der Waals surface area (Å²) in [7, 11) is 1.58. The van der Waals surface area contributed by atoms with Crippen molar-refractivity contribution in [3.8, 4) is 0 Å². The lowest BCUT2D eigenvalue weighted by Crippen LogP contribution is -2.47. The molecule has 0 saturated heterocycles. The molecule has 0 aromatic heterocycles. The maximum Gasteiger partial charge on any atom is 0.317 e. The molecule has 17 heavy (non-hydrogen) atoms. The second-order valence-corrected chi connectivity index (χ2v) is 4.95. The van der Waals surface area contributed by atoms with Crippen molar-refractivity contribution in [2.45, 2.75) is 45.3 Å². The van der Waals surface area contributed by atoms with Crippen molar-refractivity contribution in [3.63, 3.8) is 0 Å². The number of hydrogen-bond acceptors (Lipinski definition) is 3. The first-order chi connectivity index (χ1) is 7.61. The summed E-state index contributed by atoms with van der Waals surface area (Å²) in [6, 6.07) is -0.520. The van der Waals surface area contributed by atoms with Crippen LogP contribution < -0.4 is 5.32 Å². The Bertz CT molecular complexity index is 273. The van der Waals surface area contributed by atoms with E-state index >= 15 is 0 Å². The Morgan fingerprint density at radius 3 is 2.35 bits per heavy atom. The Morgan fingerprint density at radius 2 is 1.94 bits per heavy atom. The average molecular weight is 246 g/mol. The molecule has 0 aliphatic rings. The fourth-order valence-corrected chi connectivity index (χ4v) is 1.39. The van der Waals surface area contributed by atoms with E-state index in [-0.39, 0.29) is 25.0 Å². The third-order valence-electron chi connectivity index (χ3n) is 2.13. The van der Waals surface area contributed by atoms with Gasteiger partial charge < -0.3 is 20.4 Å². The van der Waals surface area contributed by atoms with Gasteiger partial charge in [0, 0.05) is 19.5 Å². The van der Waals surface area contributed by atoms with Crippen molar-refractivity contribution in [2.24, 2.45) is 0 Å². The van der Waals surface area contributed by atoms with E-state index < -0.39 is 11.6 Å². The van der Waals surface area contributed by atoms with E-state index in [2.05, 4.69) is 5.32 Å². The highest BCUT2D eigenvalue weighted by atomic mass is 16.4. The fourth-order valence-electron chi connectivity index (χ4n) is 1.39. The molecule has 6 heteroatoms. The molecule has 2 amide bonds. The number of carboxylic acids is 1. The maximum atomic E-state index is 11.6. The van der Waals surface area contributed by atoms with Crippen LogP contribution in [0.4, 0.5) is 4.79 Å². The number of hydrogen-bond donors (Lipinski definition) is 3. The normalized spacial score (nSPS) is 13.0. The first kappa shape index (κ1) is 15.7. The van der Waals surface area contributed by atoms with E-state index in [1.165, 1.54) is 4.90 Å². The Kier molecular flexibility index (Phi) is 5.95. The number of amides is 2. The van der Waals surface area contributed by atoms with Gasteiger partial charge in [0.25, 0.3) is 0 Å². The van der Waals surface area contributed by atoms with Gasteiger partial charge in [0.05, 0.1) is 12.1 Å². The number of rotatable bonds is 6. The molecule has 0 aliphatic heterocycles. The van der Waals surface area contributed by atoms with Gasteiger partial charge in [0.1, 0.15) is 0 Å². The molecule has 3 N–H and O–H groups in total. The molecule has 0 heterocycles. The van der Waals surface area contributed by atoms with Gasteiger partial charge in [-0.1, -0.05) is 0 Å². The van der Waals surface area contributed by atoms with Gasteiger partial charge in [-0.2, -0.15) is 0 Å². The van der Waals surface area contributed by atoms with E-state index in [9.17, 15) is 14.7 Å². The molecule has 0 aliphatic carbocycles. The number of urea groups is 1. The number of likely N-dealkylation sites (N-methyl/N-ethyl adjacent to an activating group) is 1. The number of nitrogens with zero attached hydrogens (tertiary/aromatic N) is 1. The van der Waals surface area contributed by atoms with Crippen LogP contribution >= 0.6 is 0 Å². The molecule has 0 rings (SSSR count). The van der Waals surface area contributed by atoms with Crippen LogP contribution in [0.5, 0.6) is 0 Å².